The molecule has 0 radical (unpaired) electrons. The Labute approximate surface area is 226 Å². The van der Waals surface area contributed by atoms with E-state index in [1.165, 1.54) is 31.4 Å². The van der Waals surface area contributed by atoms with E-state index < -0.39 is 0 Å². The lowest BCUT2D eigenvalue weighted by atomic mass is 9.83. The summed E-state index contributed by atoms with van der Waals surface area (Å²) in [5, 5.41) is 7.22. The van der Waals surface area contributed by atoms with Crippen LogP contribution in [0.2, 0.25) is 0 Å². The molecule has 2 atom stereocenters. The van der Waals surface area contributed by atoms with Gasteiger partial charge in [0.2, 0.25) is 0 Å². The number of benzene rings is 1. The van der Waals surface area contributed by atoms with Gasteiger partial charge in [-0.1, -0.05) is 60.0 Å². The molecule has 1 aliphatic rings. The smallest absolute Gasteiger partial charge is 0.170 e. The number of hydrogen-bond donors (Lipinski definition) is 1. The number of ketones is 1. The zero-order valence-corrected chi connectivity index (χ0v) is 23.7. The van der Waals surface area contributed by atoms with Crippen molar-refractivity contribution in [3.8, 4) is 17.0 Å². The molecule has 0 amide bonds. The van der Waals surface area contributed by atoms with Crippen molar-refractivity contribution in [3.05, 3.63) is 70.9 Å². The van der Waals surface area contributed by atoms with Gasteiger partial charge in [-0.15, -0.1) is 0 Å². The Bertz CT molecular complexity index is 1250. The number of hydrogen-bond acceptors (Lipinski definition) is 4. The van der Waals surface area contributed by atoms with Crippen LogP contribution in [0, 0.1) is 11.7 Å². The molecule has 1 N–H and O–H groups in total. The Morgan fingerprint density at radius 3 is 2.58 bits per heavy atom. The standard InChI is InChI=1S/C27H30FN3O2.C5H12/c1-5-16(4)21-12-25(23-14-30-31-24(23)7-3)29-13-22(21)20(6-2)27(32)18-10-17-11-19(28)8-9-26(17)33-15-18;1-3-5-4-2/h6,8-9,11-14,16,18H,5,7,10,15H2,1-4H3,(H,30,31);3-5H2,1-2H3/b20-6+;. The maximum Gasteiger partial charge on any atom is 0.170 e. The lowest BCUT2D eigenvalue weighted by Gasteiger charge is -2.26. The van der Waals surface area contributed by atoms with Gasteiger partial charge in [0.05, 0.1) is 24.4 Å². The highest BCUT2D eigenvalue weighted by molar-refractivity contribution is 6.22. The lowest BCUT2D eigenvalue weighted by molar-refractivity contribution is -0.118. The number of carbonyl (C=O) groups excluding carboxylic acids is 1. The molecule has 6 heteroatoms. The topological polar surface area (TPSA) is 67.9 Å². The highest BCUT2D eigenvalue weighted by Gasteiger charge is 2.30. The summed E-state index contributed by atoms with van der Waals surface area (Å²) in [5.74, 6) is 0.223. The van der Waals surface area contributed by atoms with Crippen LogP contribution >= 0.6 is 0 Å². The van der Waals surface area contributed by atoms with E-state index in [0.29, 0.717) is 17.7 Å². The quantitative estimate of drug-likeness (QED) is 0.290. The molecule has 2 aromatic heterocycles. The minimum atomic E-state index is -0.365. The number of ether oxygens (including phenoxy) is 1. The van der Waals surface area contributed by atoms with Crippen molar-refractivity contribution < 1.29 is 13.9 Å². The normalized spacial score (nSPS) is 15.7. The minimum absolute atomic E-state index is 0.00377. The van der Waals surface area contributed by atoms with Crippen LogP contribution in [0.15, 0.2) is 42.7 Å². The van der Waals surface area contributed by atoms with Crippen molar-refractivity contribution in [1.82, 2.24) is 15.2 Å². The number of halogens is 1. The van der Waals surface area contributed by atoms with Gasteiger partial charge in [0.15, 0.2) is 5.78 Å². The molecule has 3 aromatic rings. The molecule has 0 saturated heterocycles. The third-order valence-corrected chi connectivity index (χ3v) is 7.28. The number of carbonyl (C=O) groups is 1. The van der Waals surface area contributed by atoms with Crippen LogP contribution in [-0.2, 0) is 17.6 Å². The van der Waals surface area contributed by atoms with Crippen molar-refractivity contribution in [2.24, 2.45) is 5.92 Å². The molecule has 0 aliphatic carbocycles. The van der Waals surface area contributed by atoms with Gasteiger partial charge in [-0.25, -0.2) is 4.39 Å². The highest BCUT2D eigenvalue weighted by atomic mass is 19.1. The summed E-state index contributed by atoms with van der Waals surface area (Å²) >= 11 is 0. The van der Waals surface area contributed by atoms with Crippen LogP contribution in [0.5, 0.6) is 5.75 Å². The molecule has 0 fully saturated rings. The lowest BCUT2D eigenvalue weighted by Crippen LogP contribution is -2.29. The summed E-state index contributed by atoms with van der Waals surface area (Å²) in [6.45, 7) is 13.0. The number of aromatic amines is 1. The molecule has 1 aromatic carbocycles. The van der Waals surface area contributed by atoms with Crippen molar-refractivity contribution in [3.63, 3.8) is 0 Å². The molecule has 3 heterocycles. The van der Waals surface area contributed by atoms with E-state index in [0.717, 1.165) is 46.5 Å². The predicted molar refractivity (Wildman–Crippen MR) is 153 cm³/mol. The monoisotopic (exact) mass is 519 g/mol. The molecule has 1 aliphatic heterocycles. The van der Waals surface area contributed by atoms with E-state index in [-0.39, 0.29) is 30.0 Å². The molecule has 0 saturated carbocycles. The number of Topliss-reactive ketones (excluding diaryl/α,β-unsaturated/α-hetero) is 1. The summed E-state index contributed by atoms with van der Waals surface area (Å²) in [4.78, 5) is 18.3. The third-order valence-electron chi connectivity index (χ3n) is 7.28. The molecule has 38 heavy (non-hydrogen) atoms. The maximum atomic E-state index is 13.7. The number of aromatic nitrogens is 3. The number of unbranched alkanes of at least 4 members (excludes halogenated alkanes) is 2. The number of rotatable bonds is 9. The summed E-state index contributed by atoms with van der Waals surface area (Å²) in [6.07, 6.45) is 11.8. The first-order valence-electron chi connectivity index (χ1n) is 14.0. The second kappa shape index (κ2) is 14.0. The van der Waals surface area contributed by atoms with Crippen molar-refractivity contribution in [2.75, 3.05) is 6.61 Å². The Balaban J connectivity index is 0.000000732. The molecule has 4 rings (SSSR count). The molecule has 2 unspecified atom stereocenters. The SMILES string of the molecule is C/C=C(/C(=O)C1COc2ccc(F)cc2C1)c1cnc(-c2cn[nH]c2CC)cc1C(C)CC.CCCCC. The molecule has 0 spiro atoms. The van der Waals surface area contributed by atoms with E-state index in [4.69, 9.17) is 9.72 Å². The molecule has 0 bridgehead atoms. The number of pyridine rings is 1. The molecular formula is C32H42FN3O2. The van der Waals surface area contributed by atoms with Crippen LogP contribution in [-0.4, -0.2) is 27.6 Å². The fourth-order valence-electron chi connectivity index (χ4n) is 4.81. The van der Waals surface area contributed by atoms with Crippen LogP contribution in [0.25, 0.3) is 16.8 Å². The van der Waals surface area contributed by atoms with Gasteiger partial charge in [0.25, 0.3) is 0 Å². The Kier molecular flexibility index (Phi) is 10.8. The third kappa shape index (κ3) is 6.77. The Hall–Kier alpha value is -3.28. The Morgan fingerprint density at radius 1 is 1.18 bits per heavy atom. The maximum absolute atomic E-state index is 13.7. The first kappa shape index (κ1) is 29.3. The average molecular weight is 520 g/mol. The van der Waals surface area contributed by atoms with Crippen LogP contribution in [0.4, 0.5) is 4.39 Å². The largest absolute Gasteiger partial charge is 0.493 e. The van der Waals surface area contributed by atoms with Gasteiger partial charge in [0, 0.05) is 28.6 Å². The number of aryl methyl sites for hydroxylation is 1. The molecule has 204 valence electrons. The zero-order chi connectivity index (χ0) is 27.7. The van der Waals surface area contributed by atoms with Crippen LogP contribution in [0.1, 0.15) is 95.5 Å². The van der Waals surface area contributed by atoms with Crippen molar-refractivity contribution in [1.29, 1.82) is 0 Å². The number of fused-ring (bicyclic) bond motifs is 1. The number of nitrogens with one attached hydrogen (secondary N) is 1. The average Bonchev–Trinajstić information content (AvgIpc) is 3.42. The number of H-pyrrole nitrogens is 1. The summed E-state index contributed by atoms with van der Waals surface area (Å²) in [7, 11) is 0. The van der Waals surface area contributed by atoms with E-state index in [2.05, 4.69) is 50.9 Å². The van der Waals surface area contributed by atoms with Crippen LogP contribution in [0.3, 0.4) is 0 Å². The Morgan fingerprint density at radius 2 is 1.95 bits per heavy atom. The van der Waals surface area contributed by atoms with Crippen molar-refractivity contribution >= 4 is 11.4 Å². The summed E-state index contributed by atoms with van der Waals surface area (Å²) in [6, 6.07) is 6.56. The van der Waals surface area contributed by atoms with Crippen molar-refractivity contribution in [2.45, 2.75) is 86.0 Å². The number of allylic oxidation sites excluding steroid dienone is 2. The summed E-state index contributed by atoms with van der Waals surface area (Å²) in [5.41, 5.74) is 6.20. The highest BCUT2D eigenvalue weighted by Crippen LogP contribution is 2.35. The fourth-order valence-corrected chi connectivity index (χ4v) is 4.81. The van der Waals surface area contributed by atoms with Gasteiger partial charge >= 0.3 is 0 Å². The van der Waals surface area contributed by atoms with E-state index >= 15 is 0 Å². The van der Waals surface area contributed by atoms with E-state index in [1.807, 2.05) is 19.2 Å². The summed E-state index contributed by atoms with van der Waals surface area (Å²) < 4.78 is 19.5. The first-order valence-corrected chi connectivity index (χ1v) is 14.0. The predicted octanol–water partition coefficient (Wildman–Crippen LogP) is 8.11. The van der Waals surface area contributed by atoms with E-state index in [1.54, 1.807) is 12.3 Å². The van der Waals surface area contributed by atoms with Gasteiger partial charge in [-0.3, -0.25) is 14.9 Å². The van der Waals surface area contributed by atoms with Gasteiger partial charge in [-0.05, 0) is 67.5 Å². The second-order valence-electron chi connectivity index (χ2n) is 9.97. The first-order chi connectivity index (χ1) is 18.4. The molecular weight excluding hydrogens is 477 g/mol. The van der Waals surface area contributed by atoms with Gasteiger partial charge in [-0.2, -0.15) is 5.10 Å². The fraction of sp³-hybridized carbons (Fsp3) is 0.469. The second-order valence-corrected chi connectivity index (χ2v) is 9.97. The van der Waals surface area contributed by atoms with Gasteiger partial charge < -0.3 is 4.74 Å². The van der Waals surface area contributed by atoms with Crippen LogP contribution < -0.4 is 4.74 Å². The zero-order valence-electron chi connectivity index (χ0n) is 23.7. The van der Waals surface area contributed by atoms with E-state index in [9.17, 15) is 9.18 Å². The molecule has 5 nitrogen and oxygen atoms in total. The van der Waals surface area contributed by atoms with Gasteiger partial charge in [0.1, 0.15) is 11.6 Å². The number of nitrogens with zero attached hydrogens (tertiary/aromatic N) is 2. The minimum Gasteiger partial charge on any atom is -0.493 e.